The van der Waals surface area contributed by atoms with E-state index < -0.39 is 0 Å². The lowest BCUT2D eigenvalue weighted by atomic mass is 9.96. The smallest absolute Gasteiger partial charge is 0.197 e. The van der Waals surface area contributed by atoms with Crippen LogP contribution in [-0.2, 0) is 6.42 Å². The first-order valence-electron chi connectivity index (χ1n) is 5.46. The van der Waals surface area contributed by atoms with Crippen molar-refractivity contribution in [2.24, 2.45) is 5.73 Å². The fourth-order valence-corrected chi connectivity index (χ4v) is 2.56. The van der Waals surface area contributed by atoms with E-state index in [1.165, 1.54) is 11.3 Å². The van der Waals surface area contributed by atoms with Crippen LogP contribution in [0.4, 0.5) is 0 Å². The van der Waals surface area contributed by atoms with E-state index in [4.69, 9.17) is 18.0 Å². The first kappa shape index (κ1) is 10.8. The monoisotopic (exact) mass is 223 g/mol. The highest BCUT2D eigenvalue weighted by Gasteiger charge is 2.26. The summed E-state index contributed by atoms with van der Waals surface area (Å²) in [4.78, 5) is 7.64. The molecule has 1 atom stereocenters. The first-order chi connectivity index (χ1) is 7.13. The van der Waals surface area contributed by atoms with E-state index in [0.717, 1.165) is 18.5 Å². The molecule has 3 nitrogen and oxygen atoms in total. The van der Waals surface area contributed by atoms with Gasteiger partial charge in [0.05, 0.1) is 5.69 Å². The SMILES string of the molecule is CC(C)c1nc(=S)[nH]c2c1C(CN)CC2. The van der Waals surface area contributed by atoms with Crippen LogP contribution >= 0.6 is 12.2 Å². The third-order valence-corrected chi connectivity index (χ3v) is 3.26. The molecule has 4 heteroatoms. The van der Waals surface area contributed by atoms with Crippen LogP contribution in [0.2, 0.25) is 0 Å². The number of nitrogens with two attached hydrogens (primary N) is 1. The molecule has 1 aliphatic rings. The molecule has 0 aliphatic heterocycles. The lowest BCUT2D eigenvalue weighted by Gasteiger charge is -2.15. The van der Waals surface area contributed by atoms with Gasteiger partial charge in [-0.05, 0) is 43.1 Å². The number of nitrogens with zero attached hydrogens (tertiary/aromatic N) is 1. The molecule has 82 valence electrons. The maximum Gasteiger partial charge on any atom is 0.197 e. The Morgan fingerprint density at radius 2 is 2.33 bits per heavy atom. The van der Waals surface area contributed by atoms with Gasteiger partial charge in [0.1, 0.15) is 0 Å². The molecular weight excluding hydrogens is 206 g/mol. The Morgan fingerprint density at radius 1 is 1.60 bits per heavy atom. The molecule has 0 fully saturated rings. The third-order valence-electron chi connectivity index (χ3n) is 3.06. The molecule has 0 saturated heterocycles. The predicted molar refractivity (Wildman–Crippen MR) is 63.6 cm³/mol. The van der Waals surface area contributed by atoms with Crippen LogP contribution in [0, 0.1) is 4.77 Å². The van der Waals surface area contributed by atoms with Crippen LogP contribution in [0.5, 0.6) is 0 Å². The lowest BCUT2D eigenvalue weighted by molar-refractivity contribution is 0.669. The van der Waals surface area contributed by atoms with Gasteiger partial charge in [-0.1, -0.05) is 13.8 Å². The van der Waals surface area contributed by atoms with E-state index in [2.05, 4.69) is 23.8 Å². The minimum absolute atomic E-state index is 0.419. The zero-order chi connectivity index (χ0) is 11.0. The van der Waals surface area contributed by atoms with Crippen LogP contribution in [0.25, 0.3) is 0 Å². The third kappa shape index (κ3) is 1.84. The highest BCUT2D eigenvalue weighted by Crippen LogP contribution is 2.35. The second-order valence-electron chi connectivity index (χ2n) is 4.45. The topological polar surface area (TPSA) is 54.7 Å². The number of fused-ring (bicyclic) bond motifs is 1. The molecule has 1 unspecified atom stereocenters. The van der Waals surface area contributed by atoms with Gasteiger partial charge in [0.15, 0.2) is 4.77 Å². The molecule has 1 aromatic rings. The predicted octanol–water partition coefficient (Wildman–Crippen LogP) is 2.25. The Kier molecular flexibility index (Phi) is 2.89. The number of rotatable bonds is 2. The van der Waals surface area contributed by atoms with Gasteiger partial charge in [0.25, 0.3) is 0 Å². The summed E-state index contributed by atoms with van der Waals surface area (Å²) in [6, 6.07) is 0. The zero-order valence-corrected chi connectivity index (χ0v) is 10.0. The van der Waals surface area contributed by atoms with Gasteiger partial charge >= 0.3 is 0 Å². The number of H-pyrrole nitrogens is 1. The molecule has 3 N–H and O–H groups in total. The van der Waals surface area contributed by atoms with Crippen LogP contribution in [-0.4, -0.2) is 16.5 Å². The quantitative estimate of drug-likeness (QED) is 0.756. The molecule has 1 aliphatic carbocycles. The van der Waals surface area contributed by atoms with E-state index in [9.17, 15) is 0 Å². The maximum absolute atomic E-state index is 5.79. The van der Waals surface area contributed by atoms with E-state index in [1.54, 1.807) is 0 Å². The Balaban J connectivity index is 2.60. The molecule has 0 radical (unpaired) electrons. The maximum atomic E-state index is 5.79. The number of aryl methyl sites for hydroxylation is 1. The summed E-state index contributed by atoms with van der Waals surface area (Å²) in [6.45, 7) is 5.02. The molecule has 0 bridgehead atoms. The summed E-state index contributed by atoms with van der Waals surface area (Å²) in [5.41, 5.74) is 9.52. The summed E-state index contributed by atoms with van der Waals surface area (Å²) in [5.74, 6) is 0.888. The van der Waals surface area contributed by atoms with E-state index >= 15 is 0 Å². The molecule has 0 aromatic carbocycles. The average molecular weight is 223 g/mol. The average Bonchev–Trinajstić information content (AvgIpc) is 2.58. The largest absolute Gasteiger partial charge is 0.334 e. The van der Waals surface area contributed by atoms with Gasteiger partial charge < -0.3 is 10.7 Å². The summed E-state index contributed by atoms with van der Waals surface area (Å²) < 4.78 is 0.607. The van der Waals surface area contributed by atoms with Crippen molar-refractivity contribution in [1.29, 1.82) is 0 Å². The van der Waals surface area contributed by atoms with E-state index in [-0.39, 0.29) is 0 Å². The van der Waals surface area contributed by atoms with Gasteiger partial charge in [-0.2, -0.15) is 0 Å². The Bertz CT molecular complexity index is 422. The lowest BCUT2D eigenvalue weighted by Crippen LogP contribution is -2.13. The first-order valence-corrected chi connectivity index (χ1v) is 5.87. The fourth-order valence-electron chi connectivity index (χ4n) is 2.34. The van der Waals surface area contributed by atoms with Crippen LogP contribution in [0.1, 0.15) is 49.1 Å². The number of hydrogen-bond donors (Lipinski definition) is 2. The number of hydrogen-bond acceptors (Lipinski definition) is 3. The van der Waals surface area contributed by atoms with Crippen LogP contribution in [0.15, 0.2) is 0 Å². The highest BCUT2D eigenvalue weighted by molar-refractivity contribution is 7.71. The number of nitrogens with one attached hydrogen (secondary N) is 1. The fraction of sp³-hybridized carbons (Fsp3) is 0.636. The molecular formula is C11H17N3S. The molecule has 2 rings (SSSR count). The molecule has 15 heavy (non-hydrogen) atoms. The van der Waals surface area contributed by atoms with Gasteiger partial charge in [0, 0.05) is 11.6 Å². The minimum Gasteiger partial charge on any atom is -0.334 e. The van der Waals surface area contributed by atoms with Crippen molar-refractivity contribution in [3.63, 3.8) is 0 Å². The summed E-state index contributed by atoms with van der Waals surface area (Å²) in [7, 11) is 0. The normalized spacial score (nSPS) is 19.6. The molecule has 1 aromatic heterocycles. The van der Waals surface area contributed by atoms with Crippen molar-refractivity contribution in [2.45, 2.75) is 38.5 Å². The molecule has 1 heterocycles. The molecule has 0 spiro atoms. The summed E-state index contributed by atoms with van der Waals surface area (Å²) >= 11 is 5.14. The van der Waals surface area contributed by atoms with Gasteiger partial charge in [-0.25, -0.2) is 4.98 Å². The highest BCUT2D eigenvalue weighted by atomic mass is 32.1. The minimum atomic E-state index is 0.419. The van der Waals surface area contributed by atoms with Gasteiger partial charge in [-0.3, -0.25) is 0 Å². The van der Waals surface area contributed by atoms with Crippen molar-refractivity contribution in [3.05, 3.63) is 21.7 Å². The van der Waals surface area contributed by atoms with Crippen LogP contribution in [0.3, 0.4) is 0 Å². The number of aromatic nitrogens is 2. The van der Waals surface area contributed by atoms with Crippen molar-refractivity contribution in [3.8, 4) is 0 Å². The summed E-state index contributed by atoms with van der Waals surface area (Å²) in [5, 5.41) is 0. The molecule has 0 amide bonds. The standard InChI is InChI=1S/C11H17N3S/c1-6(2)10-9-7(5-12)3-4-8(9)13-11(15)14-10/h6-7H,3-5,12H2,1-2H3,(H,13,14,15). The number of aromatic amines is 1. The van der Waals surface area contributed by atoms with E-state index in [0.29, 0.717) is 23.2 Å². The Morgan fingerprint density at radius 3 is 2.93 bits per heavy atom. The van der Waals surface area contributed by atoms with E-state index in [1.807, 2.05) is 0 Å². The van der Waals surface area contributed by atoms with Crippen molar-refractivity contribution in [1.82, 2.24) is 9.97 Å². The molecule has 0 saturated carbocycles. The second-order valence-corrected chi connectivity index (χ2v) is 4.83. The Hall–Kier alpha value is -0.740. The van der Waals surface area contributed by atoms with Crippen LogP contribution < -0.4 is 5.73 Å². The van der Waals surface area contributed by atoms with Crippen molar-refractivity contribution in [2.75, 3.05) is 6.54 Å². The summed E-state index contributed by atoms with van der Waals surface area (Å²) in [6.07, 6.45) is 2.19. The van der Waals surface area contributed by atoms with Gasteiger partial charge in [-0.15, -0.1) is 0 Å². The second kappa shape index (κ2) is 4.02. The zero-order valence-electron chi connectivity index (χ0n) is 9.21. The Labute approximate surface area is 95.1 Å². The van der Waals surface area contributed by atoms with Gasteiger partial charge in [0.2, 0.25) is 0 Å². The van der Waals surface area contributed by atoms with Crippen molar-refractivity contribution >= 4 is 12.2 Å². The van der Waals surface area contributed by atoms with Crippen molar-refractivity contribution < 1.29 is 0 Å².